The molecule has 0 aromatic rings. The fourth-order valence-electron chi connectivity index (χ4n) is 2.45. The van der Waals surface area contributed by atoms with Crippen LogP contribution >= 0.6 is 24.8 Å². The zero-order valence-corrected chi connectivity index (χ0v) is 13.7. The second kappa shape index (κ2) is 11.8. The molecule has 1 rings (SSSR count). The first-order chi connectivity index (χ1) is 8.17. The monoisotopic (exact) mass is 313 g/mol. The number of halogens is 2. The molecule has 0 heterocycles. The van der Waals surface area contributed by atoms with Crippen molar-refractivity contribution in [3.05, 3.63) is 0 Å². The Bertz CT molecular complexity index is 238. The minimum absolute atomic E-state index is 0. The molecule has 0 bridgehead atoms. The van der Waals surface area contributed by atoms with E-state index < -0.39 is 0 Å². The van der Waals surface area contributed by atoms with Crippen LogP contribution in [0.2, 0.25) is 0 Å². The van der Waals surface area contributed by atoms with E-state index >= 15 is 0 Å². The summed E-state index contributed by atoms with van der Waals surface area (Å²) >= 11 is 0. The quantitative estimate of drug-likeness (QED) is 0.705. The molecule has 1 aliphatic carbocycles. The van der Waals surface area contributed by atoms with Crippen LogP contribution in [0.25, 0.3) is 0 Å². The van der Waals surface area contributed by atoms with Gasteiger partial charge in [0.1, 0.15) is 0 Å². The van der Waals surface area contributed by atoms with Crippen LogP contribution in [0.1, 0.15) is 39.5 Å². The molecule has 0 aliphatic heterocycles. The van der Waals surface area contributed by atoms with Gasteiger partial charge in [-0.3, -0.25) is 4.79 Å². The number of amides is 1. The summed E-state index contributed by atoms with van der Waals surface area (Å²) in [5.41, 5.74) is 5.81. The van der Waals surface area contributed by atoms with Gasteiger partial charge in [-0.15, -0.1) is 24.8 Å². The van der Waals surface area contributed by atoms with Crippen molar-refractivity contribution >= 4 is 30.7 Å². The van der Waals surface area contributed by atoms with E-state index in [0.29, 0.717) is 0 Å². The van der Waals surface area contributed by atoms with Crippen LogP contribution in [-0.2, 0) is 4.79 Å². The minimum Gasteiger partial charge on any atom is -0.356 e. The summed E-state index contributed by atoms with van der Waals surface area (Å²) in [6.45, 7) is 8.37. The van der Waals surface area contributed by atoms with Gasteiger partial charge >= 0.3 is 0 Å². The first-order valence-corrected chi connectivity index (χ1v) is 6.93. The molecule has 19 heavy (non-hydrogen) atoms. The van der Waals surface area contributed by atoms with Gasteiger partial charge in [0, 0.05) is 18.5 Å². The van der Waals surface area contributed by atoms with E-state index in [4.69, 9.17) is 5.73 Å². The number of carbonyl (C=O) groups excluding carboxylic acids is 1. The van der Waals surface area contributed by atoms with Crippen LogP contribution in [0.3, 0.4) is 0 Å². The van der Waals surface area contributed by atoms with Crippen molar-refractivity contribution in [3.8, 4) is 0 Å². The highest BCUT2D eigenvalue weighted by atomic mass is 35.5. The Morgan fingerprint density at radius 1 is 1.26 bits per heavy atom. The van der Waals surface area contributed by atoms with Crippen molar-refractivity contribution in [3.63, 3.8) is 0 Å². The number of nitrogens with two attached hydrogens (primary N) is 1. The summed E-state index contributed by atoms with van der Waals surface area (Å²) in [6, 6.07) is 0.237. The van der Waals surface area contributed by atoms with Gasteiger partial charge in [-0.05, 0) is 45.3 Å². The van der Waals surface area contributed by atoms with Crippen LogP contribution < -0.4 is 11.1 Å². The van der Waals surface area contributed by atoms with E-state index in [1.165, 1.54) is 0 Å². The van der Waals surface area contributed by atoms with Gasteiger partial charge in [-0.1, -0.05) is 13.8 Å². The molecule has 0 aromatic carbocycles. The van der Waals surface area contributed by atoms with Crippen molar-refractivity contribution in [1.29, 1.82) is 0 Å². The summed E-state index contributed by atoms with van der Waals surface area (Å²) in [5.74, 6) is 0.371. The largest absolute Gasteiger partial charge is 0.356 e. The van der Waals surface area contributed by atoms with E-state index in [-0.39, 0.29) is 42.7 Å². The first kappa shape index (κ1) is 21.3. The second-order valence-electron chi connectivity index (χ2n) is 4.94. The molecule has 1 amide bonds. The van der Waals surface area contributed by atoms with Crippen molar-refractivity contribution in [2.45, 2.75) is 45.6 Å². The lowest BCUT2D eigenvalue weighted by Crippen LogP contribution is -2.33. The number of hydrogen-bond donors (Lipinski definition) is 2. The molecule has 0 spiro atoms. The molecule has 1 aliphatic rings. The zero-order chi connectivity index (χ0) is 12.7. The number of nitrogens with zero attached hydrogens (tertiary/aromatic N) is 1. The molecule has 1 fully saturated rings. The number of hydrogen-bond acceptors (Lipinski definition) is 3. The molecular formula is C13H29Cl2N3O. The third kappa shape index (κ3) is 7.98. The van der Waals surface area contributed by atoms with Crippen molar-refractivity contribution in [2.24, 2.45) is 11.7 Å². The maximum atomic E-state index is 11.8. The molecule has 2 unspecified atom stereocenters. The second-order valence-corrected chi connectivity index (χ2v) is 4.94. The maximum Gasteiger partial charge on any atom is 0.223 e. The molecule has 1 saturated carbocycles. The highest BCUT2D eigenvalue weighted by Gasteiger charge is 2.27. The predicted molar refractivity (Wildman–Crippen MR) is 85.2 cm³/mol. The molecule has 0 saturated heterocycles. The van der Waals surface area contributed by atoms with Gasteiger partial charge in [-0.25, -0.2) is 0 Å². The van der Waals surface area contributed by atoms with Crippen LogP contribution in [0, 0.1) is 5.92 Å². The smallest absolute Gasteiger partial charge is 0.223 e. The summed E-state index contributed by atoms with van der Waals surface area (Å²) in [4.78, 5) is 14.2. The Morgan fingerprint density at radius 2 is 1.89 bits per heavy atom. The van der Waals surface area contributed by atoms with E-state index in [1.807, 2.05) is 0 Å². The molecule has 0 radical (unpaired) electrons. The van der Waals surface area contributed by atoms with Gasteiger partial charge < -0.3 is 16.0 Å². The molecule has 4 nitrogen and oxygen atoms in total. The molecule has 2 atom stereocenters. The maximum absolute atomic E-state index is 11.8. The zero-order valence-electron chi connectivity index (χ0n) is 12.1. The van der Waals surface area contributed by atoms with Crippen LogP contribution in [0.4, 0.5) is 0 Å². The summed E-state index contributed by atoms with van der Waals surface area (Å²) in [5, 5.41) is 3.03. The average molecular weight is 314 g/mol. The lowest BCUT2D eigenvalue weighted by atomic mass is 10.1. The van der Waals surface area contributed by atoms with Gasteiger partial charge in [0.2, 0.25) is 5.91 Å². The van der Waals surface area contributed by atoms with Gasteiger partial charge in [-0.2, -0.15) is 0 Å². The van der Waals surface area contributed by atoms with Crippen molar-refractivity contribution in [2.75, 3.05) is 26.2 Å². The standard InChI is InChI=1S/C13H27N3O.2ClH/c1-3-16(4-2)9-5-8-15-13(17)11-6-7-12(14)10-11;;/h11-12H,3-10,14H2,1-2H3,(H,15,17);2*1H. The lowest BCUT2D eigenvalue weighted by Gasteiger charge is -2.18. The summed E-state index contributed by atoms with van der Waals surface area (Å²) in [7, 11) is 0. The van der Waals surface area contributed by atoms with Crippen molar-refractivity contribution < 1.29 is 4.79 Å². The number of carbonyl (C=O) groups is 1. The number of nitrogens with one attached hydrogen (secondary N) is 1. The van der Waals surface area contributed by atoms with Gasteiger partial charge in [0.05, 0.1) is 0 Å². The van der Waals surface area contributed by atoms with Gasteiger partial charge in [0.15, 0.2) is 0 Å². The van der Waals surface area contributed by atoms with Crippen LogP contribution in [-0.4, -0.2) is 43.0 Å². The molecule has 6 heteroatoms. The Hall–Kier alpha value is -0.0300. The predicted octanol–water partition coefficient (Wildman–Crippen LogP) is 1.81. The molecular weight excluding hydrogens is 285 g/mol. The average Bonchev–Trinajstić information content (AvgIpc) is 2.76. The Morgan fingerprint density at radius 3 is 2.37 bits per heavy atom. The van der Waals surface area contributed by atoms with Crippen LogP contribution in [0.15, 0.2) is 0 Å². The minimum atomic E-state index is 0. The highest BCUT2D eigenvalue weighted by molar-refractivity contribution is 5.85. The third-order valence-electron chi connectivity index (χ3n) is 3.69. The molecule has 116 valence electrons. The Balaban J connectivity index is 0. The molecule has 3 N–H and O–H groups in total. The van der Waals surface area contributed by atoms with E-state index in [9.17, 15) is 4.79 Å². The SMILES string of the molecule is CCN(CC)CCCNC(=O)C1CCC(N)C1.Cl.Cl. The van der Waals surface area contributed by atoms with Crippen molar-refractivity contribution in [1.82, 2.24) is 10.2 Å². The summed E-state index contributed by atoms with van der Waals surface area (Å²) in [6.07, 6.45) is 3.86. The normalized spacial score (nSPS) is 21.7. The van der Waals surface area contributed by atoms with Crippen LogP contribution in [0.5, 0.6) is 0 Å². The Kier molecular flexibility index (Phi) is 13.2. The van der Waals surface area contributed by atoms with E-state index in [2.05, 4.69) is 24.1 Å². The number of rotatable bonds is 7. The highest BCUT2D eigenvalue weighted by Crippen LogP contribution is 2.23. The topological polar surface area (TPSA) is 58.4 Å². The first-order valence-electron chi connectivity index (χ1n) is 6.93. The van der Waals surface area contributed by atoms with Gasteiger partial charge in [0.25, 0.3) is 0 Å². The summed E-state index contributed by atoms with van der Waals surface area (Å²) < 4.78 is 0. The third-order valence-corrected chi connectivity index (χ3v) is 3.69. The fourth-order valence-corrected chi connectivity index (χ4v) is 2.45. The van der Waals surface area contributed by atoms with E-state index in [0.717, 1.165) is 51.9 Å². The lowest BCUT2D eigenvalue weighted by molar-refractivity contribution is -0.124. The Labute approximate surface area is 129 Å². The van der Waals surface area contributed by atoms with E-state index in [1.54, 1.807) is 0 Å². The molecule has 0 aromatic heterocycles. The fraction of sp³-hybridized carbons (Fsp3) is 0.923.